The van der Waals surface area contributed by atoms with Gasteiger partial charge in [0, 0.05) is 52.7 Å². The normalized spacial score (nSPS) is 16.3. The van der Waals surface area contributed by atoms with E-state index in [2.05, 4.69) is 46.3 Å². The molecule has 10 nitrogen and oxygen atoms in total. The quantitative estimate of drug-likeness (QED) is 0.113. The fraction of sp³-hybridized carbons (Fsp3) is 0.120. The number of aliphatic carboxylic acids is 1. The predicted molar refractivity (Wildman–Crippen MR) is 134 cm³/mol. The van der Waals surface area contributed by atoms with Gasteiger partial charge in [-0.05, 0) is 47.4 Å². The summed E-state index contributed by atoms with van der Waals surface area (Å²) in [5.74, 6) is 12.3. The van der Waals surface area contributed by atoms with Gasteiger partial charge in [0.25, 0.3) is 10.1 Å². The van der Waals surface area contributed by atoms with E-state index in [9.17, 15) is 27.7 Å². The predicted octanol–water partition coefficient (Wildman–Crippen LogP) is 0.515. The number of carboxylic acids is 1. The van der Waals surface area contributed by atoms with Crippen molar-refractivity contribution < 1.29 is 27.7 Å². The zero-order chi connectivity index (χ0) is 26.3. The molecule has 11 heteroatoms. The minimum Gasteiger partial charge on any atom is -0.480 e. The van der Waals surface area contributed by atoms with Crippen molar-refractivity contribution in [3.8, 4) is 46.8 Å². The summed E-state index contributed by atoms with van der Waals surface area (Å²) in [5.41, 5.74) is 15.5. The molecule has 182 valence electrons. The molecule has 0 spiro atoms. The number of carboxylic acid groups (broad SMARTS) is 1. The van der Waals surface area contributed by atoms with Crippen molar-refractivity contribution in [2.45, 2.75) is 17.7 Å². The van der Waals surface area contributed by atoms with E-state index in [4.69, 9.17) is 11.5 Å². The van der Waals surface area contributed by atoms with E-state index in [-0.39, 0.29) is 12.0 Å². The number of carbonyl (C=O) groups is 2. The summed E-state index contributed by atoms with van der Waals surface area (Å²) >= 11 is 0. The third kappa shape index (κ3) is 6.58. The fourth-order valence-corrected chi connectivity index (χ4v) is 4.36. The molecule has 1 amide bonds. The zero-order valence-electron chi connectivity index (χ0n) is 18.6. The first kappa shape index (κ1) is 25.7. The van der Waals surface area contributed by atoms with Crippen molar-refractivity contribution >= 4 is 33.9 Å². The van der Waals surface area contributed by atoms with Crippen molar-refractivity contribution in [1.82, 2.24) is 10.6 Å². The second kappa shape index (κ2) is 11.0. The molecular weight excluding hydrogens is 484 g/mol. The Morgan fingerprint density at radius 1 is 1.08 bits per heavy atom. The number of hydrogen-bond acceptors (Lipinski definition) is 7. The van der Waals surface area contributed by atoms with Crippen LogP contribution in [0.4, 0.5) is 11.4 Å². The Balaban J connectivity index is 1.99. The van der Waals surface area contributed by atoms with Crippen LogP contribution in [0, 0.1) is 35.6 Å². The van der Waals surface area contributed by atoms with Crippen LogP contribution in [-0.4, -0.2) is 41.7 Å². The van der Waals surface area contributed by atoms with E-state index >= 15 is 0 Å². The van der Waals surface area contributed by atoms with Crippen molar-refractivity contribution in [3.05, 3.63) is 59.3 Å². The Labute approximate surface area is 207 Å². The van der Waals surface area contributed by atoms with Crippen LogP contribution < -0.4 is 22.1 Å². The average Bonchev–Trinajstić information content (AvgIpc) is 2.81. The Morgan fingerprint density at radius 3 is 2.56 bits per heavy atom. The minimum atomic E-state index is -4.65. The Morgan fingerprint density at radius 2 is 1.86 bits per heavy atom. The third-order valence-corrected chi connectivity index (χ3v) is 6.21. The van der Waals surface area contributed by atoms with Crippen LogP contribution in [0.2, 0.25) is 0 Å². The standard InChI is InChI=1S/C25H20N4O6S/c26-20-6-7-22(19-9-16(10-21(27)13-19)3-1-2-8-28-15-30)18(12-20)5-4-17-11-23(36(33,34)35)24(25(31)32)29-14-17/h6-7,9-10,12-15,23-24,29H,11,26-27H2,(H,28,30)(H,31,32)(H,33,34,35)/t23-,24+/m1/s1. The number of anilines is 2. The van der Waals surface area contributed by atoms with Crippen molar-refractivity contribution in [3.63, 3.8) is 0 Å². The smallest absolute Gasteiger partial charge is 0.327 e. The van der Waals surface area contributed by atoms with Gasteiger partial charge in [0.15, 0.2) is 0 Å². The topological polar surface area (TPSA) is 185 Å². The molecule has 0 saturated heterocycles. The number of nitrogen functional groups attached to an aromatic ring is 2. The Kier molecular flexibility index (Phi) is 7.88. The SMILES string of the molecule is Nc1cc(C#CC#CNC=O)cc(-c2ccc(N)cc2C#CC2=CN[C@H](C(=O)O)[C@H](S(=O)(=O)O)C2)c1. The molecule has 36 heavy (non-hydrogen) atoms. The van der Waals surface area contributed by atoms with Crippen LogP contribution in [0.1, 0.15) is 17.5 Å². The molecule has 2 atom stereocenters. The molecule has 1 aliphatic heterocycles. The van der Waals surface area contributed by atoms with Crippen LogP contribution in [-0.2, 0) is 19.7 Å². The van der Waals surface area contributed by atoms with Crippen LogP contribution in [0.5, 0.6) is 0 Å². The number of amides is 1. The van der Waals surface area contributed by atoms with Gasteiger partial charge in [-0.1, -0.05) is 23.8 Å². The number of nitrogens with two attached hydrogens (primary N) is 2. The van der Waals surface area contributed by atoms with Gasteiger partial charge in [-0.3, -0.25) is 14.7 Å². The number of nitrogens with one attached hydrogen (secondary N) is 2. The summed E-state index contributed by atoms with van der Waals surface area (Å²) in [6.07, 6.45) is 1.46. The molecule has 0 radical (unpaired) electrons. The van der Waals surface area contributed by atoms with Crippen molar-refractivity contribution in [2.24, 2.45) is 0 Å². The van der Waals surface area contributed by atoms with Gasteiger partial charge in [0.2, 0.25) is 6.41 Å². The van der Waals surface area contributed by atoms with Gasteiger partial charge in [0.1, 0.15) is 11.3 Å². The highest BCUT2D eigenvalue weighted by molar-refractivity contribution is 7.86. The van der Waals surface area contributed by atoms with E-state index in [1.807, 2.05) is 0 Å². The fourth-order valence-electron chi connectivity index (χ4n) is 3.43. The van der Waals surface area contributed by atoms with Gasteiger partial charge in [-0.15, -0.1) is 0 Å². The van der Waals surface area contributed by atoms with Crippen molar-refractivity contribution in [2.75, 3.05) is 11.5 Å². The first-order valence-corrected chi connectivity index (χ1v) is 11.8. The van der Waals surface area contributed by atoms with Gasteiger partial charge in [-0.25, -0.2) is 4.79 Å². The van der Waals surface area contributed by atoms with E-state index in [1.54, 1.807) is 36.4 Å². The molecule has 0 bridgehead atoms. The molecule has 0 aliphatic carbocycles. The maximum Gasteiger partial charge on any atom is 0.327 e. The number of allylic oxidation sites excluding steroid dienone is 1. The molecular formula is C25H20N4O6S. The van der Waals surface area contributed by atoms with Gasteiger partial charge in [-0.2, -0.15) is 8.42 Å². The van der Waals surface area contributed by atoms with Crippen LogP contribution in [0.15, 0.2) is 48.2 Å². The first-order valence-electron chi connectivity index (χ1n) is 10.3. The minimum absolute atomic E-state index is 0.283. The number of rotatable bonds is 4. The maximum absolute atomic E-state index is 11.7. The second-order valence-electron chi connectivity index (χ2n) is 7.57. The highest BCUT2D eigenvalue weighted by Crippen LogP contribution is 2.28. The summed E-state index contributed by atoms with van der Waals surface area (Å²) < 4.78 is 32.9. The van der Waals surface area contributed by atoms with Gasteiger partial charge >= 0.3 is 5.97 Å². The maximum atomic E-state index is 11.7. The molecule has 2 aromatic rings. The Hall–Kier alpha value is -4.89. The molecule has 2 aromatic carbocycles. The van der Waals surface area contributed by atoms with Gasteiger partial charge < -0.3 is 21.9 Å². The lowest BCUT2D eigenvalue weighted by atomic mass is 9.96. The summed E-state index contributed by atoms with van der Waals surface area (Å²) in [5, 5.41) is 12.3. The van der Waals surface area contributed by atoms with Crippen LogP contribution in [0.3, 0.4) is 0 Å². The Bertz CT molecular complexity index is 1550. The molecule has 0 fully saturated rings. The summed E-state index contributed by atoms with van der Waals surface area (Å²) in [6, 6.07) is 11.0. The molecule has 1 heterocycles. The van der Waals surface area contributed by atoms with E-state index in [0.29, 0.717) is 40.0 Å². The van der Waals surface area contributed by atoms with E-state index < -0.39 is 27.4 Å². The average molecular weight is 505 g/mol. The second-order valence-corrected chi connectivity index (χ2v) is 9.21. The molecule has 3 rings (SSSR count). The van der Waals surface area contributed by atoms with Crippen molar-refractivity contribution in [1.29, 1.82) is 0 Å². The summed E-state index contributed by atoms with van der Waals surface area (Å²) in [6.45, 7) is 0. The lowest BCUT2D eigenvalue weighted by Gasteiger charge is -2.25. The van der Waals surface area contributed by atoms with Gasteiger partial charge in [0.05, 0.1) is 0 Å². The number of hydrogen-bond donors (Lipinski definition) is 6. The van der Waals surface area contributed by atoms with E-state index in [1.165, 1.54) is 6.20 Å². The third-order valence-electron chi connectivity index (χ3n) is 5.01. The van der Waals surface area contributed by atoms with Crippen LogP contribution >= 0.6 is 0 Å². The zero-order valence-corrected chi connectivity index (χ0v) is 19.4. The first-order chi connectivity index (χ1) is 17.1. The number of benzene rings is 2. The monoisotopic (exact) mass is 504 g/mol. The lowest BCUT2D eigenvalue weighted by Crippen LogP contribution is -2.50. The lowest BCUT2D eigenvalue weighted by molar-refractivity contribution is -0.139. The van der Waals surface area contributed by atoms with E-state index in [0.717, 1.165) is 0 Å². The highest BCUT2D eigenvalue weighted by atomic mass is 32.2. The van der Waals surface area contributed by atoms with Crippen LogP contribution in [0.25, 0.3) is 11.1 Å². The highest BCUT2D eigenvalue weighted by Gasteiger charge is 2.39. The molecule has 0 saturated carbocycles. The largest absolute Gasteiger partial charge is 0.480 e. The summed E-state index contributed by atoms with van der Waals surface area (Å²) in [4.78, 5) is 21.6. The summed E-state index contributed by atoms with van der Waals surface area (Å²) in [7, 11) is -4.65. The molecule has 0 unspecified atom stereocenters. The molecule has 1 aliphatic rings. The number of carbonyl (C=O) groups excluding carboxylic acids is 1. The molecule has 0 aromatic heterocycles. The molecule has 8 N–H and O–H groups in total.